The van der Waals surface area contributed by atoms with Crippen molar-refractivity contribution < 1.29 is 9.53 Å². The van der Waals surface area contributed by atoms with Crippen molar-refractivity contribution in [3.63, 3.8) is 0 Å². The van der Waals surface area contributed by atoms with Crippen LogP contribution in [0.15, 0.2) is 77.7 Å². The van der Waals surface area contributed by atoms with Crippen LogP contribution in [0.5, 0.6) is 5.75 Å². The van der Waals surface area contributed by atoms with Crippen molar-refractivity contribution >= 4 is 44.4 Å². The van der Waals surface area contributed by atoms with Crippen LogP contribution >= 0.6 is 23.1 Å². The second kappa shape index (κ2) is 9.98. The van der Waals surface area contributed by atoms with E-state index in [9.17, 15) is 4.79 Å². The molecule has 0 aliphatic heterocycles. The topological polar surface area (TPSA) is 42.4 Å². The van der Waals surface area contributed by atoms with Crippen molar-refractivity contribution in [1.82, 2.24) is 4.98 Å². The zero-order chi connectivity index (χ0) is 21.6. The summed E-state index contributed by atoms with van der Waals surface area (Å²) >= 11 is 3.07. The van der Waals surface area contributed by atoms with Gasteiger partial charge in [0.05, 0.1) is 29.1 Å². The van der Waals surface area contributed by atoms with Crippen molar-refractivity contribution in [2.45, 2.75) is 25.3 Å². The van der Waals surface area contributed by atoms with Gasteiger partial charge in [-0.3, -0.25) is 9.69 Å². The van der Waals surface area contributed by atoms with Crippen molar-refractivity contribution in [3.8, 4) is 5.75 Å². The predicted molar refractivity (Wildman–Crippen MR) is 130 cm³/mol. The number of anilines is 1. The van der Waals surface area contributed by atoms with E-state index >= 15 is 0 Å². The van der Waals surface area contributed by atoms with E-state index < -0.39 is 0 Å². The summed E-state index contributed by atoms with van der Waals surface area (Å²) in [6.07, 6.45) is 0. The molecule has 0 unspecified atom stereocenters. The Morgan fingerprint density at radius 1 is 1.06 bits per heavy atom. The SMILES string of the molecule is CCOc1ccc2nc(N(Cc3ccccc3)C(=O)CSc3ccc(C)cc3)sc2c1. The highest BCUT2D eigenvalue weighted by atomic mass is 32.2. The van der Waals surface area contributed by atoms with Gasteiger partial charge in [-0.05, 0) is 49.7 Å². The van der Waals surface area contributed by atoms with Crippen LogP contribution in [0, 0.1) is 6.92 Å². The first-order valence-corrected chi connectivity index (χ1v) is 12.0. The van der Waals surface area contributed by atoms with E-state index in [1.807, 2.05) is 55.5 Å². The molecule has 0 aliphatic carbocycles. The molecule has 4 aromatic rings. The maximum atomic E-state index is 13.3. The number of aromatic nitrogens is 1. The van der Waals surface area contributed by atoms with Crippen LogP contribution < -0.4 is 9.64 Å². The Labute approximate surface area is 190 Å². The Hall–Kier alpha value is -2.83. The number of thiazole rings is 1. The van der Waals surface area contributed by atoms with Crippen LogP contribution in [0.4, 0.5) is 5.13 Å². The molecule has 0 spiro atoms. The van der Waals surface area contributed by atoms with E-state index in [-0.39, 0.29) is 5.91 Å². The van der Waals surface area contributed by atoms with Gasteiger partial charge in [-0.15, -0.1) is 11.8 Å². The zero-order valence-electron chi connectivity index (χ0n) is 17.6. The first-order chi connectivity index (χ1) is 15.1. The first-order valence-electron chi connectivity index (χ1n) is 10.2. The molecule has 0 saturated carbocycles. The maximum Gasteiger partial charge on any atom is 0.239 e. The molecule has 3 aromatic carbocycles. The molecule has 1 aromatic heterocycles. The third kappa shape index (κ3) is 5.46. The van der Waals surface area contributed by atoms with Crippen LogP contribution in [0.2, 0.25) is 0 Å². The highest BCUT2D eigenvalue weighted by Crippen LogP contribution is 2.33. The molecular formula is C25H24N2O2S2. The fraction of sp³-hybridized carbons (Fsp3) is 0.200. The van der Waals surface area contributed by atoms with E-state index in [2.05, 4.69) is 31.2 Å². The summed E-state index contributed by atoms with van der Waals surface area (Å²) in [6, 6.07) is 24.2. The van der Waals surface area contributed by atoms with E-state index in [1.165, 1.54) is 16.9 Å². The number of amides is 1. The molecule has 1 heterocycles. The number of aryl methyl sites for hydroxylation is 1. The Kier molecular flexibility index (Phi) is 6.89. The van der Waals surface area contributed by atoms with Gasteiger partial charge in [0.25, 0.3) is 0 Å². The summed E-state index contributed by atoms with van der Waals surface area (Å²) in [5.74, 6) is 1.22. The summed E-state index contributed by atoms with van der Waals surface area (Å²) < 4.78 is 6.63. The monoisotopic (exact) mass is 448 g/mol. The molecule has 0 radical (unpaired) electrons. The Balaban J connectivity index is 1.59. The number of thioether (sulfide) groups is 1. The maximum absolute atomic E-state index is 13.3. The molecule has 0 fully saturated rings. The fourth-order valence-corrected chi connectivity index (χ4v) is 4.94. The average Bonchev–Trinajstić information content (AvgIpc) is 3.21. The number of carbonyl (C=O) groups excluding carboxylic acids is 1. The van der Waals surface area contributed by atoms with Gasteiger partial charge in [-0.1, -0.05) is 59.4 Å². The van der Waals surface area contributed by atoms with Gasteiger partial charge < -0.3 is 4.74 Å². The number of fused-ring (bicyclic) bond motifs is 1. The van der Waals surface area contributed by atoms with E-state index in [4.69, 9.17) is 9.72 Å². The Morgan fingerprint density at radius 2 is 1.84 bits per heavy atom. The summed E-state index contributed by atoms with van der Waals surface area (Å²) in [4.78, 5) is 20.9. The number of hydrogen-bond acceptors (Lipinski definition) is 5. The van der Waals surface area contributed by atoms with Gasteiger partial charge in [-0.2, -0.15) is 0 Å². The minimum atomic E-state index is 0.0403. The molecule has 4 rings (SSSR count). The highest BCUT2D eigenvalue weighted by molar-refractivity contribution is 8.00. The molecule has 4 nitrogen and oxygen atoms in total. The molecule has 1 amide bonds. The quantitative estimate of drug-likeness (QED) is 0.295. The minimum Gasteiger partial charge on any atom is -0.494 e. The lowest BCUT2D eigenvalue weighted by atomic mass is 10.2. The molecule has 0 atom stereocenters. The van der Waals surface area contributed by atoms with Crippen molar-refractivity contribution in [1.29, 1.82) is 0 Å². The number of benzene rings is 3. The second-order valence-electron chi connectivity index (χ2n) is 7.13. The van der Waals surface area contributed by atoms with Gasteiger partial charge in [0.2, 0.25) is 5.91 Å². The molecule has 0 aliphatic rings. The smallest absolute Gasteiger partial charge is 0.239 e. The lowest BCUT2D eigenvalue weighted by molar-refractivity contribution is -0.116. The van der Waals surface area contributed by atoms with Crippen LogP contribution in [0.3, 0.4) is 0 Å². The predicted octanol–water partition coefficient (Wildman–Crippen LogP) is 6.33. The van der Waals surface area contributed by atoms with Crippen LogP contribution in [-0.2, 0) is 11.3 Å². The van der Waals surface area contributed by atoms with Crippen LogP contribution in [0.1, 0.15) is 18.1 Å². The van der Waals surface area contributed by atoms with Crippen molar-refractivity contribution in [3.05, 3.63) is 83.9 Å². The third-order valence-electron chi connectivity index (χ3n) is 4.76. The zero-order valence-corrected chi connectivity index (χ0v) is 19.2. The molecule has 0 N–H and O–H groups in total. The number of hydrogen-bond donors (Lipinski definition) is 0. The minimum absolute atomic E-state index is 0.0403. The number of carbonyl (C=O) groups is 1. The lowest BCUT2D eigenvalue weighted by Crippen LogP contribution is -2.31. The van der Waals surface area contributed by atoms with Gasteiger partial charge in [0.1, 0.15) is 5.75 Å². The Bertz CT molecular complexity index is 1160. The van der Waals surface area contributed by atoms with E-state index in [0.717, 1.165) is 26.4 Å². The lowest BCUT2D eigenvalue weighted by Gasteiger charge is -2.20. The first kappa shape index (κ1) is 21.4. The summed E-state index contributed by atoms with van der Waals surface area (Å²) in [6.45, 7) is 5.14. The normalized spacial score (nSPS) is 10.9. The number of nitrogens with zero attached hydrogens (tertiary/aromatic N) is 2. The molecular weight excluding hydrogens is 424 g/mol. The summed E-state index contributed by atoms with van der Waals surface area (Å²) in [7, 11) is 0. The molecule has 0 saturated heterocycles. The molecule has 0 bridgehead atoms. The highest BCUT2D eigenvalue weighted by Gasteiger charge is 2.20. The number of rotatable bonds is 8. The third-order valence-corrected chi connectivity index (χ3v) is 6.80. The van der Waals surface area contributed by atoms with E-state index in [0.29, 0.717) is 24.0 Å². The fourth-order valence-electron chi connectivity index (χ4n) is 3.15. The Morgan fingerprint density at radius 3 is 2.58 bits per heavy atom. The summed E-state index contributed by atoms with van der Waals surface area (Å²) in [5, 5.41) is 0.710. The average molecular weight is 449 g/mol. The van der Waals surface area contributed by atoms with Crippen molar-refractivity contribution in [2.75, 3.05) is 17.3 Å². The summed E-state index contributed by atoms with van der Waals surface area (Å²) in [5.41, 5.74) is 3.16. The van der Waals surface area contributed by atoms with E-state index in [1.54, 1.807) is 16.7 Å². The van der Waals surface area contributed by atoms with Gasteiger partial charge >= 0.3 is 0 Å². The second-order valence-corrected chi connectivity index (χ2v) is 9.18. The number of ether oxygens (including phenoxy) is 1. The molecule has 158 valence electrons. The van der Waals surface area contributed by atoms with Gasteiger partial charge in [0, 0.05) is 4.90 Å². The standard InChI is InChI=1S/C25H24N2O2S2/c1-3-29-20-11-14-22-23(15-20)31-25(26-22)27(16-19-7-5-4-6-8-19)24(28)17-30-21-12-9-18(2)10-13-21/h4-15H,3,16-17H2,1-2H3. The van der Waals surface area contributed by atoms with Gasteiger partial charge in [-0.25, -0.2) is 4.98 Å². The van der Waals surface area contributed by atoms with Crippen LogP contribution in [-0.4, -0.2) is 23.3 Å². The van der Waals surface area contributed by atoms with Gasteiger partial charge in [0.15, 0.2) is 5.13 Å². The largest absolute Gasteiger partial charge is 0.494 e. The van der Waals surface area contributed by atoms with Crippen molar-refractivity contribution in [2.24, 2.45) is 0 Å². The molecule has 31 heavy (non-hydrogen) atoms. The van der Waals surface area contributed by atoms with Crippen LogP contribution in [0.25, 0.3) is 10.2 Å². The molecule has 6 heteroatoms.